The minimum atomic E-state index is -0.735. The van der Waals surface area contributed by atoms with Gasteiger partial charge in [-0.25, -0.2) is 0 Å². The lowest BCUT2D eigenvalue weighted by Crippen LogP contribution is -2.22. The standard InChI is InChI=1S/C14H17BrO3/c15-13-6-2-1-4-10(13)8-11(14(16)17)9-12-5-3-7-18-12/h1-2,4,6,11-12H,3,5,7-9H2,(H,16,17). The van der Waals surface area contributed by atoms with Crippen LogP contribution in [0, 0.1) is 5.92 Å². The van der Waals surface area contributed by atoms with Gasteiger partial charge in [-0.15, -0.1) is 0 Å². The van der Waals surface area contributed by atoms with Crippen LogP contribution < -0.4 is 0 Å². The smallest absolute Gasteiger partial charge is 0.306 e. The molecule has 0 spiro atoms. The van der Waals surface area contributed by atoms with E-state index < -0.39 is 5.97 Å². The Morgan fingerprint density at radius 1 is 1.50 bits per heavy atom. The minimum Gasteiger partial charge on any atom is -0.481 e. The average molecular weight is 313 g/mol. The van der Waals surface area contributed by atoms with Crippen LogP contribution in [0.5, 0.6) is 0 Å². The number of benzene rings is 1. The van der Waals surface area contributed by atoms with Crippen LogP contribution in [0.3, 0.4) is 0 Å². The van der Waals surface area contributed by atoms with E-state index in [2.05, 4.69) is 15.9 Å². The summed E-state index contributed by atoms with van der Waals surface area (Å²) in [5.74, 6) is -1.10. The third kappa shape index (κ3) is 3.56. The van der Waals surface area contributed by atoms with Crippen LogP contribution >= 0.6 is 15.9 Å². The van der Waals surface area contributed by atoms with E-state index in [9.17, 15) is 9.90 Å². The molecule has 1 aromatic carbocycles. The number of hydrogen-bond donors (Lipinski definition) is 1. The van der Waals surface area contributed by atoms with E-state index in [1.54, 1.807) is 0 Å². The number of hydrogen-bond acceptors (Lipinski definition) is 2. The molecule has 3 nitrogen and oxygen atoms in total. The van der Waals surface area contributed by atoms with Gasteiger partial charge >= 0.3 is 5.97 Å². The third-order valence-corrected chi connectivity index (χ3v) is 4.12. The predicted octanol–water partition coefficient (Wildman–Crippen LogP) is 3.26. The Hall–Kier alpha value is -0.870. The normalized spacial score (nSPS) is 20.8. The molecule has 1 saturated heterocycles. The number of carboxylic acid groups (broad SMARTS) is 1. The Morgan fingerprint density at radius 2 is 2.28 bits per heavy atom. The van der Waals surface area contributed by atoms with Crippen LogP contribution in [-0.4, -0.2) is 23.8 Å². The molecule has 2 rings (SSSR count). The van der Waals surface area contributed by atoms with Crippen LogP contribution in [0.15, 0.2) is 28.7 Å². The molecule has 1 fully saturated rings. The first-order chi connectivity index (χ1) is 8.66. The molecule has 0 aliphatic carbocycles. The topological polar surface area (TPSA) is 46.5 Å². The van der Waals surface area contributed by atoms with E-state index in [0.717, 1.165) is 29.5 Å². The zero-order chi connectivity index (χ0) is 13.0. The SMILES string of the molecule is O=C(O)C(Cc1ccccc1Br)CC1CCCO1. The molecule has 0 saturated carbocycles. The van der Waals surface area contributed by atoms with Crippen molar-refractivity contribution < 1.29 is 14.6 Å². The number of aliphatic carboxylic acids is 1. The van der Waals surface area contributed by atoms with Crippen LogP contribution in [-0.2, 0) is 16.0 Å². The van der Waals surface area contributed by atoms with Crippen molar-refractivity contribution in [2.24, 2.45) is 5.92 Å². The molecule has 18 heavy (non-hydrogen) atoms. The van der Waals surface area contributed by atoms with E-state index in [-0.39, 0.29) is 12.0 Å². The number of carboxylic acids is 1. The van der Waals surface area contributed by atoms with Gasteiger partial charge in [0.1, 0.15) is 0 Å². The number of ether oxygens (including phenoxy) is 1. The Morgan fingerprint density at radius 3 is 2.89 bits per heavy atom. The van der Waals surface area contributed by atoms with Gasteiger partial charge in [0.2, 0.25) is 0 Å². The van der Waals surface area contributed by atoms with Gasteiger partial charge in [-0.05, 0) is 37.3 Å². The second-order valence-corrected chi connectivity index (χ2v) is 5.56. The van der Waals surface area contributed by atoms with Crippen molar-refractivity contribution in [3.8, 4) is 0 Å². The number of rotatable bonds is 5. The van der Waals surface area contributed by atoms with Gasteiger partial charge in [0.15, 0.2) is 0 Å². The highest BCUT2D eigenvalue weighted by Crippen LogP contribution is 2.25. The molecule has 1 aliphatic rings. The van der Waals surface area contributed by atoms with Crippen LogP contribution in [0.1, 0.15) is 24.8 Å². The summed E-state index contributed by atoms with van der Waals surface area (Å²) < 4.78 is 6.50. The summed E-state index contributed by atoms with van der Waals surface area (Å²) in [6, 6.07) is 7.78. The van der Waals surface area contributed by atoms with Crippen molar-refractivity contribution in [2.45, 2.75) is 31.8 Å². The second kappa shape index (κ2) is 6.34. The summed E-state index contributed by atoms with van der Waals surface area (Å²) in [6.45, 7) is 0.770. The quantitative estimate of drug-likeness (QED) is 0.907. The van der Waals surface area contributed by atoms with Crippen LogP contribution in [0.2, 0.25) is 0 Å². The summed E-state index contributed by atoms with van der Waals surface area (Å²) in [5.41, 5.74) is 1.04. The highest BCUT2D eigenvalue weighted by atomic mass is 79.9. The monoisotopic (exact) mass is 312 g/mol. The minimum absolute atomic E-state index is 0.119. The summed E-state index contributed by atoms with van der Waals surface area (Å²) in [7, 11) is 0. The number of carbonyl (C=O) groups is 1. The van der Waals surface area contributed by atoms with Gasteiger partial charge in [-0.3, -0.25) is 4.79 Å². The first-order valence-electron chi connectivity index (χ1n) is 6.24. The maximum Gasteiger partial charge on any atom is 0.306 e. The molecule has 98 valence electrons. The number of halogens is 1. The Kier molecular flexibility index (Phi) is 4.78. The Bertz CT molecular complexity index is 413. The maximum atomic E-state index is 11.3. The fourth-order valence-corrected chi connectivity index (χ4v) is 2.80. The highest BCUT2D eigenvalue weighted by molar-refractivity contribution is 9.10. The molecular formula is C14H17BrO3. The molecule has 0 amide bonds. The lowest BCUT2D eigenvalue weighted by Gasteiger charge is -2.17. The molecule has 1 N–H and O–H groups in total. The van der Waals surface area contributed by atoms with Gasteiger partial charge in [0, 0.05) is 11.1 Å². The zero-order valence-corrected chi connectivity index (χ0v) is 11.7. The van der Waals surface area contributed by atoms with Crippen molar-refractivity contribution in [3.05, 3.63) is 34.3 Å². The Balaban J connectivity index is 2.02. The first kappa shape index (κ1) is 13.6. The van der Waals surface area contributed by atoms with Crippen LogP contribution in [0.4, 0.5) is 0 Å². The van der Waals surface area contributed by atoms with E-state index in [0.29, 0.717) is 12.8 Å². The summed E-state index contributed by atoms with van der Waals surface area (Å²) in [5, 5.41) is 9.31. The molecular weight excluding hydrogens is 296 g/mol. The maximum absolute atomic E-state index is 11.3. The zero-order valence-electron chi connectivity index (χ0n) is 10.1. The lowest BCUT2D eigenvalue weighted by atomic mass is 9.93. The fraction of sp³-hybridized carbons (Fsp3) is 0.500. The average Bonchev–Trinajstić information content (AvgIpc) is 2.83. The molecule has 0 radical (unpaired) electrons. The fourth-order valence-electron chi connectivity index (χ4n) is 2.35. The molecule has 1 aromatic rings. The summed E-state index contributed by atoms with van der Waals surface area (Å²) >= 11 is 3.46. The van der Waals surface area contributed by atoms with E-state index in [1.807, 2.05) is 24.3 Å². The molecule has 4 heteroatoms. The molecule has 1 heterocycles. The highest BCUT2D eigenvalue weighted by Gasteiger charge is 2.26. The largest absolute Gasteiger partial charge is 0.481 e. The van der Waals surface area contributed by atoms with Crippen molar-refractivity contribution in [1.82, 2.24) is 0 Å². The van der Waals surface area contributed by atoms with Gasteiger partial charge in [-0.1, -0.05) is 34.1 Å². The van der Waals surface area contributed by atoms with Crippen molar-refractivity contribution in [2.75, 3.05) is 6.61 Å². The molecule has 1 aliphatic heterocycles. The summed E-state index contributed by atoms with van der Waals surface area (Å²) in [4.78, 5) is 11.3. The molecule has 2 unspecified atom stereocenters. The first-order valence-corrected chi connectivity index (χ1v) is 7.04. The van der Waals surface area contributed by atoms with Gasteiger partial charge < -0.3 is 9.84 Å². The van der Waals surface area contributed by atoms with Gasteiger partial charge in [0.25, 0.3) is 0 Å². The second-order valence-electron chi connectivity index (χ2n) is 4.70. The van der Waals surface area contributed by atoms with Gasteiger partial charge in [0.05, 0.1) is 12.0 Å². The van der Waals surface area contributed by atoms with E-state index >= 15 is 0 Å². The predicted molar refractivity (Wildman–Crippen MR) is 72.6 cm³/mol. The molecule has 2 atom stereocenters. The van der Waals surface area contributed by atoms with E-state index in [4.69, 9.17) is 4.74 Å². The third-order valence-electron chi connectivity index (χ3n) is 3.34. The van der Waals surface area contributed by atoms with Crippen molar-refractivity contribution in [3.63, 3.8) is 0 Å². The molecule has 0 aromatic heterocycles. The lowest BCUT2D eigenvalue weighted by molar-refractivity contribution is -0.142. The summed E-state index contributed by atoms with van der Waals surface area (Å²) in [6.07, 6.45) is 3.31. The Labute approximate surface area is 115 Å². The molecule has 0 bridgehead atoms. The van der Waals surface area contributed by atoms with Crippen LogP contribution in [0.25, 0.3) is 0 Å². The van der Waals surface area contributed by atoms with Gasteiger partial charge in [-0.2, -0.15) is 0 Å². The van der Waals surface area contributed by atoms with Crippen molar-refractivity contribution >= 4 is 21.9 Å². The van der Waals surface area contributed by atoms with E-state index in [1.165, 1.54) is 0 Å². The van der Waals surface area contributed by atoms with Crippen molar-refractivity contribution in [1.29, 1.82) is 0 Å².